The number of ether oxygens (including phenoxy) is 2. The summed E-state index contributed by atoms with van der Waals surface area (Å²) in [5, 5.41) is 0. The highest BCUT2D eigenvalue weighted by molar-refractivity contribution is 7.91. The summed E-state index contributed by atoms with van der Waals surface area (Å²) in [7, 11) is 1.53. The first kappa shape index (κ1) is 8.19. The van der Waals surface area contributed by atoms with Gasteiger partial charge in [-0.15, -0.1) is 0 Å². The van der Waals surface area contributed by atoms with E-state index in [1.807, 2.05) is 0 Å². The van der Waals surface area contributed by atoms with Crippen LogP contribution >= 0.6 is 12.2 Å². The van der Waals surface area contributed by atoms with Crippen LogP contribution in [0, 0.1) is 0 Å². The smallest absolute Gasteiger partial charge is 0.148 e. The van der Waals surface area contributed by atoms with Crippen molar-refractivity contribution in [2.24, 2.45) is 0 Å². The van der Waals surface area contributed by atoms with Crippen molar-refractivity contribution in [2.45, 2.75) is 0 Å². The number of methoxy groups -OCH3 is 1. The first-order valence-electron chi connectivity index (χ1n) is 2.01. The first-order valence-corrected chi connectivity index (χ1v) is 2.79. The molecular weight excluding hydrogens is 130 g/mol. The number of rotatable bonds is 5. The average Bonchev–Trinajstić information content (AvgIpc) is 1.81. The summed E-state index contributed by atoms with van der Waals surface area (Å²) in [4.78, 5) is 0. The van der Waals surface area contributed by atoms with E-state index in [4.69, 9.17) is 9.29 Å². The molecule has 0 bridgehead atoms. The molecule has 0 fully saturated rings. The summed E-state index contributed by atoms with van der Waals surface area (Å²) < 4.78 is 19.7. The molecule has 5 heteroatoms. The van der Waals surface area contributed by atoms with Crippen LogP contribution in [0.5, 0.6) is 0 Å². The molecule has 0 saturated carbocycles. The molecule has 0 aromatic rings. The lowest BCUT2D eigenvalue weighted by atomic mass is 11.3. The van der Waals surface area contributed by atoms with Gasteiger partial charge in [0.05, 0.1) is 12.2 Å². The number of hydrogen-bond acceptors (Lipinski definition) is 5. The molecule has 0 radical (unpaired) electrons. The molecule has 4 nitrogen and oxygen atoms in total. The summed E-state index contributed by atoms with van der Waals surface area (Å²) >= 11 is 0.522. The first-order chi connectivity index (χ1) is 3.91. The maximum atomic E-state index is 8.05. The zero-order valence-electron chi connectivity index (χ0n) is 4.59. The van der Waals surface area contributed by atoms with Crippen molar-refractivity contribution in [3.8, 4) is 0 Å². The number of nitrogens with one attached hydrogen (secondary N) is 1. The summed E-state index contributed by atoms with van der Waals surface area (Å²) in [5.41, 5.74) is 0. The highest BCUT2D eigenvalue weighted by Crippen LogP contribution is 1.79. The molecule has 0 unspecified atom stereocenters. The predicted molar refractivity (Wildman–Crippen MR) is 31.2 cm³/mol. The van der Waals surface area contributed by atoms with E-state index in [0.29, 0.717) is 12.2 Å². The number of hydrogen-bond donors (Lipinski definition) is 2. The molecule has 0 aliphatic rings. The van der Waals surface area contributed by atoms with Crippen molar-refractivity contribution in [2.75, 3.05) is 20.6 Å². The molecule has 0 aromatic carbocycles. The minimum Gasteiger partial charge on any atom is -0.359 e. The highest BCUT2D eigenvalue weighted by Gasteiger charge is 1.80. The molecule has 0 rings (SSSR count). The van der Waals surface area contributed by atoms with Gasteiger partial charge in [0, 0.05) is 7.11 Å². The Bertz CT molecular complexity index is 39.5. The van der Waals surface area contributed by atoms with Gasteiger partial charge in [0.15, 0.2) is 0 Å². The van der Waals surface area contributed by atoms with E-state index < -0.39 is 0 Å². The minimum atomic E-state index is 0.244. The Kier molecular flexibility index (Phi) is 7.36. The van der Waals surface area contributed by atoms with Crippen LogP contribution in [0.2, 0.25) is 0 Å². The Hall–Kier alpha value is 0.190. The van der Waals surface area contributed by atoms with Gasteiger partial charge in [0.1, 0.15) is 13.5 Å². The predicted octanol–water partition coefficient (Wildman–Crippen LogP) is 0.275. The van der Waals surface area contributed by atoms with Crippen molar-refractivity contribution >= 4 is 12.2 Å². The summed E-state index contributed by atoms with van der Waals surface area (Å²) in [6.07, 6.45) is 0. The largest absolute Gasteiger partial charge is 0.359 e. The maximum absolute atomic E-state index is 8.05. The van der Waals surface area contributed by atoms with Crippen LogP contribution in [0.25, 0.3) is 0 Å². The van der Waals surface area contributed by atoms with Gasteiger partial charge in [0.2, 0.25) is 0 Å². The quantitative estimate of drug-likeness (QED) is 0.248. The summed E-state index contributed by atoms with van der Waals surface area (Å²) in [6, 6.07) is 0. The fourth-order valence-corrected chi connectivity index (χ4v) is 0.329. The highest BCUT2D eigenvalue weighted by atomic mass is 32.2. The van der Waals surface area contributed by atoms with Crippen LogP contribution in [0.4, 0.5) is 0 Å². The van der Waals surface area contributed by atoms with E-state index in [2.05, 4.69) is 9.46 Å². The van der Waals surface area contributed by atoms with Crippen molar-refractivity contribution in [1.82, 2.24) is 4.72 Å². The molecule has 2 N–H and O–H groups in total. The second-order valence-electron chi connectivity index (χ2n) is 0.991. The molecule has 0 heterocycles. The SMILES string of the molecule is COCOCNSO. The van der Waals surface area contributed by atoms with Gasteiger partial charge >= 0.3 is 0 Å². The average molecular weight is 139 g/mol. The van der Waals surface area contributed by atoms with Gasteiger partial charge in [-0.05, 0) is 0 Å². The molecule has 0 aliphatic carbocycles. The van der Waals surface area contributed by atoms with Crippen LogP contribution in [0.15, 0.2) is 0 Å². The Balaban J connectivity index is 2.53. The lowest BCUT2D eigenvalue weighted by molar-refractivity contribution is -0.0314. The molecule has 0 saturated heterocycles. The van der Waals surface area contributed by atoms with Gasteiger partial charge in [-0.25, -0.2) is 4.72 Å². The second kappa shape index (κ2) is 7.19. The standard InChI is InChI=1S/C3H9NO3S/c1-6-3-7-2-4-8-5/h4-5H,2-3H2,1H3. The molecular formula is C3H9NO3S. The lowest BCUT2D eigenvalue weighted by Crippen LogP contribution is -2.10. The van der Waals surface area contributed by atoms with E-state index in [0.717, 1.165) is 0 Å². The molecule has 0 aliphatic heterocycles. The fourth-order valence-electron chi connectivity index (χ4n) is 0.193. The van der Waals surface area contributed by atoms with E-state index in [9.17, 15) is 0 Å². The Morgan fingerprint density at radius 3 is 3.00 bits per heavy atom. The molecule has 0 aromatic heterocycles. The van der Waals surface area contributed by atoms with Crippen LogP contribution in [-0.2, 0) is 9.47 Å². The van der Waals surface area contributed by atoms with Crippen LogP contribution < -0.4 is 4.72 Å². The van der Waals surface area contributed by atoms with Gasteiger partial charge < -0.3 is 14.0 Å². The third kappa shape index (κ3) is 6.19. The van der Waals surface area contributed by atoms with Crippen molar-refractivity contribution in [3.63, 3.8) is 0 Å². The topological polar surface area (TPSA) is 50.7 Å². The normalized spacial score (nSPS) is 9.75. The minimum absolute atomic E-state index is 0.244. The fraction of sp³-hybridized carbons (Fsp3) is 1.00. The van der Waals surface area contributed by atoms with E-state index >= 15 is 0 Å². The molecule has 0 spiro atoms. The zero-order valence-corrected chi connectivity index (χ0v) is 5.40. The van der Waals surface area contributed by atoms with Crippen molar-refractivity contribution in [1.29, 1.82) is 0 Å². The zero-order chi connectivity index (χ0) is 6.24. The molecule has 0 atom stereocenters. The Morgan fingerprint density at radius 2 is 2.50 bits per heavy atom. The molecule has 0 amide bonds. The lowest BCUT2D eigenvalue weighted by Gasteiger charge is -1.99. The second-order valence-corrected chi connectivity index (χ2v) is 1.46. The Morgan fingerprint density at radius 1 is 1.75 bits per heavy atom. The van der Waals surface area contributed by atoms with E-state index in [1.165, 1.54) is 7.11 Å². The monoisotopic (exact) mass is 139 g/mol. The van der Waals surface area contributed by atoms with Gasteiger partial charge in [-0.1, -0.05) is 0 Å². The van der Waals surface area contributed by atoms with Gasteiger partial charge in [0.25, 0.3) is 0 Å². The third-order valence-electron chi connectivity index (χ3n) is 0.427. The van der Waals surface area contributed by atoms with Crippen LogP contribution in [-0.4, -0.2) is 25.2 Å². The van der Waals surface area contributed by atoms with Crippen LogP contribution in [0.1, 0.15) is 0 Å². The van der Waals surface area contributed by atoms with Crippen molar-refractivity contribution < 1.29 is 14.0 Å². The maximum Gasteiger partial charge on any atom is 0.148 e. The molecule has 50 valence electrons. The molecule has 8 heavy (non-hydrogen) atoms. The van der Waals surface area contributed by atoms with Gasteiger partial charge in [-0.2, -0.15) is 0 Å². The summed E-state index contributed by atoms with van der Waals surface area (Å²) in [6.45, 7) is 0.530. The van der Waals surface area contributed by atoms with Crippen LogP contribution in [0.3, 0.4) is 0 Å². The Labute approximate surface area is 52.5 Å². The van der Waals surface area contributed by atoms with E-state index in [-0.39, 0.29) is 13.5 Å². The third-order valence-corrected chi connectivity index (χ3v) is 0.674. The van der Waals surface area contributed by atoms with Gasteiger partial charge in [-0.3, -0.25) is 0 Å². The summed E-state index contributed by atoms with van der Waals surface area (Å²) in [5.74, 6) is 0. The van der Waals surface area contributed by atoms with E-state index in [1.54, 1.807) is 0 Å². The van der Waals surface area contributed by atoms with Crippen molar-refractivity contribution in [3.05, 3.63) is 0 Å².